The summed E-state index contributed by atoms with van der Waals surface area (Å²) >= 11 is 0. The van der Waals surface area contributed by atoms with Crippen molar-refractivity contribution < 1.29 is 8.42 Å². The number of hydrogen-bond acceptors (Lipinski definition) is 4. The molecule has 1 aliphatic rings. The fourth-order valence-electron chi connectivity index (χ4n) is 3.36. The molecule has 1 N–H and O–H groups in total. The number of H-pyrrole nitrogens is 1. The third-order valence-electron chi connectivity index (χ3n) is 4.62. The minimum absolute atomic E-state index is 0.231. The summed E-state index contributed by atoms with van der Waals surface area (Å²) in [5.41, 5.74) is 1.18. The summed E-state index contributed by atoms with van der Waals surface area (Å²) < 4.78 is 26.7. The largest absolute Gasteiger partial charge is 0.284 e. The number of rotatable bonds is 4. The molecule has 0 amide bonds. The van der Waals surface area contributed by atoms with Crippen molar-refractivity contribution in [1.29, 1.82) is 0 Å². The Bertz CT molecular complexity index is 948. The van der Waals surface area contributed by atoms with Gasteiger partial charge in [-0.3, -0.25) is 10.1 Å². The van der Waals surface area contributed by atoms with E-state index in [1.165, 1.54) is 23.3 Å². The maximum absolute atomic E-state index is 12.6. The first-order valence-electron chi connectivity index (χ1n) is 7.95. The van der Waals surface area contributed by atoms with Crippen molar-refractivity contribution in [1.82, 2.24) is 19.5 Å². The molecule has 0 spiro atoms. The van der Waals surface area contributed by atoms with E-state index < -0.39 is 10.0 Å². The van der Waals surface area contributed by atoms with Crippen LogP contribution in [0.25, 0.3) is 10.8 Å². The zero-order valence-electron chi connectivity index (χ0n) is 13.1. The predicted molar refractivity (Wildman–Crippen MR) is 90.9 cm³/mol. The summed E-state index contributed by atoms with van der Waals surface area (Å²) in [4.78, 5) is 4.55. The van der Waals surface area contributed by atoms with E-state index in [0.717, 1.165) is 18.2 Å². The van der Waals surface area contributed by atoms with E-state index in [9.17, 15) is 8.42 Å². The molecule has 3 aromatic rings. The highest BCUT2D eigenvalue weighted by Gasteiger charge is 2.33. The van der Waals surface area contributed by atoms with Crippen molar-refractivity contribution in [3.05, 3.63) is 54.6 Å². The normalized spacial score (nSPS) is 19.1. The lowest BCUT2D eigenvalue weighted by atomic mass is 9.96. The molecule has 2 aromatic heterocycles. The molecule has 124 valence electrons. The van der Waals surface area contributed by atoms with Gasteiger partial charge in [0.15, 0.2) is 0 Å². The van der Waals surface area contributed by atoms with Crippen LogP contribution in [0.15, 0.2) is 53.9 Å². The zero-order chi connectivity index (χ0) is 16.6. The monoisotopic (exact) mass is 342 g/mol. The average Bonchev–Trinajstić information content (AvgIpc) is 3.28. The van der Waals surface area contributed by atoms with E-state index in [2.05, 4.69) is 27.3 Å². The SMILES string of the molecule is O=S(=O)(c1cn[nH]c1)N1CC[C@@H](Cc2cncc3ccccc23)C1. The standard InChI is InChI=1S/C17H18N4O2S/c22-24(23,16-10-19-20-11-16)21-6-5-13(12-21)7-15-9-18-8-14-3-1-2-4-17(14)15/h1-4,8-11,13H,5-7,12H2,(H,19,20)/t13-/m0/s1. The first kappa shape index (κ1) is 15.3. The van der Waals surface area contributed by atoms with Gasteiger partial charge in [-0.25, -0.2) is 8.42 Å². The minimum atomic E-state index is -3.44. The molecule has 1 aromatic carbocycles. The number of aromatic nitrogens is 3. The highest BCUT2D eigenvalue weighted by Crippen LogP contribution is 2.28. The van der Waals surface area contributed by atoms with Crippen LogP contribution in [0.3, 0.4) is 0 Å². The molecule has 7 heteroatoms. The van der Waals surface area contributed by atoms with Gasteiger partial charge in [0.2, 0.25) is 10.0 Å². The first-order valence-corrected chi connectivity index (χ1v) is 9.39. The summed E-state index contributed by atoms with van der Waals surface area (Å²) in [6.45, 7) is 1.09. The van der Waals surface area contributed by atoms with Gasteiger partial charge in [0.1, 0.15) is 4.90 Å². The van der Waals surface area contributed by atoms with Crippen LogP contribution in [0.1, 0.15) is 12.0 Å². The Kier molecular flexibility index (Phi) is 3.82. The Morgan fingerprint density at radius 2 is 2.08 bits per heavy atom. The zero-order valence-corrected chi connectivity index (χ0v) is 13.9. The van der Waals surface area contributed by atoms with Crippen LogP contribution in [0.4, 0.5) is 0 Å². The highest BCUT2D eigenvalue weighted by atomic mass is 32.2. The molecule has 1 aliphatic heterocycles. The second kappa shape index (κ2) is 5.99. The molecule has 1 atom stereocenters. The number of hydrogen-bond donors (Lipinski definition) is 1. The maximum Gasteiger partial charge on any atom is 0.246 e. The Morgan fingerprint density at radius 3 is 2.92 bits per heavy atom. The minimum Gasteiger partial charge on any atom is -0.284 e. The predicted octanol–water partition coefficient (Wildman–Crippen LogP) is 2.21. The van der Waals surface area contributed by atoms with Crippen LogP contribution < -0.4 is 0 Å². The molecule has 1 fully saturated rings. The van der Waals surface area contributed by atoms with Gasteiger partial charge in [-0.15, -0.1) is 0 Å². The summed E-state index contributed by atoms with van der Waals surface area (Å²) in [6.07, 6.45) is 8.25. The molecule has 0 bridgehead atoms. The van der Waals surface area contributed by atoms with E-state index in [0.29, 0.717) is 19.0 Å². The average molecular weight is 342 g/mol. The van der Waals surface area contributed by atoms with Gasteiger partial charge in [0.05, 0.1) is 6.20 Å². The number of sulfonamides is 1. The molecular formula is C17H18N4O2S. The van der Waals surface area contributed by atoms with Crippen molar-refractivity contribution in [2.24, 2.45) is 5.92 Å². The number of aromatic amines is 1. The fraction of sp³-hybridized carbons (Fsp3) is 0.294. The van der Waals surface area contributed by atoms with Crippen LogP contribution >= 0.6 is 0 Å². The number of pyridine rings is 1. The molecule has 6 nitrogen and oxygen atoms in total. The third kappa shape index (κ3) is 2.70. The van der Waals surface area contributed by atoms with E-state index >= 15 is 0 Å². The van der Waals surface area contributed by atoms with Crippen molar-refractivity contribution in [3.8, 4) is 0 Å². The fourth-order valence-corrected chi connectivity index (χ4v) is 4.80. The molecule has 3 heterocycles. The van der Waals surface area contributed by atoms with E-state index in [-0.39, 0.29) is 4.90 Å². The van der Waals surface area contributed by atoms with Crippen LogP contribution in [0, 0.1) is 5.92 Å². The third-order valence-corrected chi connectivity index (χ3v) is 6.45. The molecule has 0 radical (unpaired) electrons. The van der Waals surface area contributed by atoms with E-state index in [4.69, 9.17) is 0 Å². The van der Waals surface area contributed by atoms with Gasteiger partial charge in [-0.1, -0.05) is 24.3 Å². The Balaban J connectivity index is 1.53. The highest BCUT2D eigenvalue weighted by molar-refractivity contribution is 7.89. The molecule has 0 saturated carbocycles. The van der Waals surface area contributed by atoms with Gasteiger partial charge in [-0.05, 0) is 29.7 Å². The van der Waals surface area contributed by atoms with Crippen LogP contribution in [0.5, 0.6) is 0 Å². The van der Waals surface area contributed by atoms with Crippen LogP contribution in [0.2, 0.25) is 0 Å². The summed E-state index contributed by atoms with van der Waals surface area (Å²) in [6, 6.07) is 8.18. The lowest BCUT2D eigenvalue weighted by Gasteiger charge is -2.15. The first-order chi connectivity index (χ1) is 11.6. The van der Waals surface area contributed by atoms with Crippen molar-refractivity contribution >= 4 is 20.8 Å². The molecule has 0 unspecified atom stereocenters. The van der Waals surface area contributed by atoms with Crippen molar-refractivity contribution in [3.63, 3.8) is 0 Å². The van der Waals surface area contributed by atoms with Crippen molar-refractivity contribution in [2.45, 2.75) is 17.7 Å². The Hall–Kier alpha value is -2.25. The summed E-state index contributed by atoms with van der Waals surface area (Å²) in [7, 11) is -3.44. The Morgan fingerprint density at radius 1 is 1.21 bits per heavy atom. The number of nitrogens with zero attached hydrogens (tertiary/aromatic N) is 3. The van der Waals surface area contributed by atoms with E-state index in [1.54, 1.807) is 4.31 Å². The van der Waals surface area contributed by atoms with Gasteiger partial charge in [-0.2, -0.15) is 9.40 Å². The number of benzene rings is 1. The Labute approximate surface area is 140 Å². The molecule has 1 saturated heterocycles. The lowest BCUT2D eigenvalue weighted by molar-refractivity contribution is 0.456. The molecule has 4 rings (SSSR count). The molecule has 0 aliphatic carbocycles. The number of fused-ring (bicyclic) bond motifs is 1. The van der Waals surface area contributed by atoms with Gasteiger partial charge < -0.3 is 0 Å². The number of nitrogens with one attached hydrogen (secondary N) is 1. The second-order valence-electron chi connectivity index (χ2n) is 6.18. The van der Waals surface area contributed by atoms with Crippen LogP contribution in [-0.4, -0.2) is 41.0 Å². The summed E-state index contributed by atoms with van der Waals surface area (Å²) in [5, 5.41) is 8.63. The topological polar surface area (TPSA) is 79.0 Å². The van der Waals surface area contributed by atoms with Gasteiger partial charge in [0.25, 0.3) is 0 Å². The van der Waals surface area contributed by atoms with Gasteiger partial charge >= 0.3 is 0 Å². The lowest BCUT2D eigenvalue weighted by Crippen LogP contribution is -2.28. The maximum atomic E-state index is 12.6. The van der Waals surface area contributed by atoms with E-state index in [1.807, 2.05) is 24.5 Å². The van der Waals surface area contributed by atoms with Crippen molar-refractivity contribution in [2.75, 3.05) is 13.1 Å². The smallest absolute Gasteiger partial charge is 0.246 e. The van der Waals surface area contributed by atoms with Gasteiger partial charge in [0, 0.05) is 37.1 Å². The van der Waals surface area contributed by atoms with Crippen LogP contribution in [-0.2, 0) is 16.4 Å². The second-order valence-corrected chi connectivity index (χ2v) is 8.11. The quantitative estimate of drug-likeness (QED) is 0.788. The molecule has 24 heavy (non-hydrogen) atoms. The molecular weight excluding hydrogens is 324 g/mol. The summed E-state index contributed by atoms with van der Waals surface area (Å²) in [5.74, 6) is 0.305.